The second-order valence-corrected chi connectivity index (χ2v) is 4.34. The minimum atomic E-state index is 0.826. The van der Waals surface area contributed by atoms with Crippen LogP contribution in [0.25, 0.3) is 11.1 Å². The van der Waals surface area contributed by atoms with Crippen molar-refractivity contribution in [3.8, 4) is 16.9 Å². The minimum absolute atomic E-state index is 0.826. The zero-order valence-electron chi connectivity index (χ0n) is 8.96. The van der Waals surface area contributed by atoms with Crippen molar-refractivity contribution in [2.45, 2.75) is 6.42 Å². The van der Waals surface area contributed by atoms with E-state index >= 15 is 0 Å². The van der Waals surface area contributed by atoms with Crippen LogP contribution in [0.15, 0.2) is 36.4 Å². The fourth-order valence-electron chi connectivity index (χ4n) is 2.35. The number of methoxy groups -OCH3 is 1. The third kappa shape index (κ3) is 1.25. The summed E-state index contributed by atoms with van der Waals surface area (Å²) >= 11 is 6.23. The zero-order chi connectivity index (χ0) is 11.1. The molecule has 80 valence electrons. The first-order chi connectivity index (χ1) is 7.81. The predicted octanol–water partition coefficient (Wildman–Crippen LogP) is 3.92. The Labute approximate surface area is 99.6 Å². The van der Waals surface area contributed by atoms with E-state index in [1.165, 1.54) is 16.7 Å². The van der Waals surface area contributed by atoms with Gasteiger partial charge in [-0.2, -0.15) is 0 Å². The number of benzene rings is 2. The van der Waals surface area contributed by atoms with Gasteiger partial charge in [0.1, 0.15) is 5.75 Å². The molecule has 0 fully saturated rings. The number of fused-ring (bicyclic) bond motifs is 3. The Hall–Kier alpha value is -1.47. The summed E-state index contributed by atoms with van der Waals surface area (Å²) in [5, 5.41) is 0.826. The Kier molecular flexibility index (Phi) is 2.15. The van der Waals surface area contributed by atoms with E-state index < -0.39 is 0 Å². The van der Waals surface area contributed by atoms with E-state index in [-0.39, 0.29) is 0 Å². The molecule has 0 saturated carbocycles. The zero-order valence-corrected chi connectivity index (χ0v) is 9.71. The van der Waals surface area contributed by atoms with Gasteiger partial charge in [-0.1, -0.05) is 35.9 Å². The van der Waals surface area contributed by atoms with Crippen LogP contribution in [0.3, 0.4) is 0 Å². The smallest absolute Gasteiger partial charge is 0.127 e. The molecule has 0 saturated heterocycles. The van der Waals surface area contributed by atoms with E-state index in [9.17, 15) is 0 Å². The van der Waals surface area contributed by atoms with Crippen molar-refractivity contribution >= 4 is 11.6 Å². The molecule has 0 aliphatic heterocycles. The molecule has 2 aromatic carbocycles. The molecular formula is C14H11ClO. The van der Waals surface area contributed by atoms with Crippen molar-refractivity contribution in [2.24, 2.45) is 0 Å². The van der Waals surface area contributed by atoms with Crippen molar-refractivity contribution in [3.63, 3.8) is 0 Å². The molecule has 0 spiro atoms. The highest BCUT2D eigenvalue weighted by Gasteiger charge is 2.23. The molecule has 16 heavy (non-hydrogen) atoms. The molecule has 0 radical (unpaired) electrons. The summed E-state index contributed by atoms with van der Waals surface area (Å²) in [6, 6.07) is 12.2. The van der Waals surface area contributed by atoms with Crippen molar-refractivity contribution in [3.05, 3.63) is 52.5 Å². The van der Waals surface area contributed by atoms with Crippen LogP contribution in [0, 0.1) is 0 Å². The lowest BCUT2D eigenvalue weighted by molar-refractivity contribution is 0.416. The number of ether oxygens (including phenoxy) is 1. The summed E-state index contributed by atoms with van der Waals surface area (Å²) in [5.74, 6) is 0.907. The maximum Gasteiger partial charge on any atom is 0.127 e. The molecule has 0 atom stereocenters. The van der Waals surface area contributed by atoms with Crippen LogP contribution in [0.4, 0.5) is 0 Å². The van der Waals surface area contributed by atoms with Gasteiger partial charge < -0.3 is 4.74 Å². The van der Waals surface area contributed by atoms with Gasteiger partial charge in [0, 0.05) is 17.0 Å². The van der Waals surface area contributed by atoms with Crippen LogP contribution in [0.2, 0.25) is 5.02 Å². The molecule has 0 bridgehead atoms. The second kappa shape index (κ2) is 3.53. The SMILES string of the molecule is COc1ccc(Cl)c2c1-c1ccccc1C2. The maximum atomic E-state index is 6.23. The van der Waals surface area contributed by atoms with Crippen LogP contribution in [0.1, 0.15) is 11.1 Å². The molecule has 0 N–H and O–H groups in total. The quantitative estimate of drug-likeness (QED) is 0.616. The second-order valence-electron chi connectivity index (χ2n) is 3.94. The first kappa shape index (κ1) is 9.73. The van der Waals surface area contributed by atoms with Crippen LogP contribution >= 0.6 is 11.6 Å². The van der Waals surface area contributed by atoms with E-state index in [1.54, 1.807) is 7.11 Å². The molecular weight excluding hydrogens is 220 g/mol. The lowest BCUT2D eigenvalue weighted by atomic mass is 10.0. The molecule has 2 aromatic rings. The van der Waals surface area contributed by atoms with E-state index in [0.717, 1.165) is 22.8 Å². The molecule has 2 heteroatoms. The van der Waals surface area contributed by atoms with Gasteiger partial charge >= 0.3 is 0 Å². The van der Waals surface area contributed by atoms with Crippen LogP contribution in [-0.4, -0.2) is 7.11 Å². The van der Waals surface area contributed by atoms with Crippen molar-refractivity contribution in [2.75, 3.05) is 7.11 Å². The monoisotopic (exact) mass is 230 g/mol. The first-order valence-corrected chi connectivity index (χ1v) is 5.62. The highest BCUT2D eigenvalue weighted by atomic mass is 35.5. The van der Waals surface area contributed by atoms with Crippen molar-refractivity contribution in [1.82, 2.24) is 0 Å². The molecule has 1 aliphatic carbocycles. The molecule has 0 unspecified atom stereocenters. The van der Waals surface area contributed by atoms with Gasteiger partial charge in [-0.05, 0) is 28.8 Å². The minimum Gasteiger partial charge on any atom is -0.496 e. The summed E-state index contributed by atoms with van der Waals surface area (Å²) in [6.07, 6.45) is 0.904. The highest BCUT2D eigenvalue weighted by Crippen LogP contribution is 2.45. The normalized spacial score (nSPS) is 12.1. The van der Waals surface area contributed by atoms with Crippen LogP contribution in [-0.2, 0) is 6.42 Å². The van der Waals surface area contributed by atoms with E-state index in [1.807, 2.05) is 18.2 Å². The summed E-state index contributed by atoms with van der Waals surface area (Å²) in [4.78, 5) is 0. The van der Waals surface area contributed by atoms with Gasteiger partial charge in [-0.15, -0.1) is 0 Å². The van der Waals surface area contributed by atoms with Gasteiger partial charge in [0.15, 0.2) is 0 Å². The molecule has 0 aromatic heterocycles. The van der Waals surface area contributed by atoms with E-state index in [2.05, 4.69) is 18.2 Å². The van der Waals surface area contributed by atoms with Gasteiger partial charge in [-0.3, -0.25) is 0 Å². The Morgan fingerprint density at radius 2 is 1.94 bits per heavy atom. The summed E-state index contributed by atoms with van der Waals surface area (Å²) < 4.78 is 5.41. The van der Waals surface area contributed by atoms with Crippen LogP contribution < -0.4 is 4.74 Å². The number of hydrogen-bond acceptors (Lipinski definition) is 1. The van der Waals surface area contributed by atoms with E-state index in [4.69, 9.17) is 16.3 Å². The molecule has 0 heterocycles. The Bertz CT molecular complexity index is 561. The van der Waals surface area contributed by atoms with Gasteiger partial charge in [0.05, 0.1) is 7.11 Å². The molecule has 0 amide bonds. The Morgan fingerprint density at radius 3 is 2.75 bits per heavy atom. The number of halogens is 1. The highest BCUT2D eigenvalue weighted by molar-refractivity contribution is 6.32. The maximum absolute atomic E-state index is 6.23. The van der Waals surface area contributed by atoms with Gasteiger partial charge in [0.25, 0.3) is 0 Å². The summed E-state index contributed by atoms with van der Waals surface area (Å²) in [7, 11) is 1.70. The fraction of sp³-hybridized carbons (Fsp3) is 0.143. The lowest BCUT2D eigenvalue weighted by Crippen LogP contribution is -1.89. The molecule has 1 aliphatic rings. The fourth-order valence-corrected chi connectivity index (χ4v) is 2.57. The third-order valence-corrected chi connectivity index (χ3v) is 3.45. The summed E-state index contributed by atoms with van der Waals surface area (Å²) in [5.41, 5.74) is 4.91. The molecule has 3 rings (SSSR count). The van der Waals surface area contributed by atoms with Gasteiger partial charge in [-0.25, -0.2) is 0 Å². The Morgan fingerprint density at radius 1 is 1.12 bits per heavy atom. The van der Waals surface area contributed by atoms with Crippen molar-refractivity contribution < 1.29 is 4.74 Å². The topological polar surface area (TPSA) is 9.23 Å². The molecule has 1 nitrogen and oxygen atoms in total. The number of rotatable bonds is 1. The van der Waals surface area contributed by atoms with Gasteiger partial charge in [0.2, 0.25) is 0 Å². The summed E-state index contributed by atoms with van der Waals surface area (Å²) in [6.45, 7) is 0. The Balaban J connectivity index is 2.33. The standard InChI is InChI=1S/C14H11ClO/c1-16-13-7-6-12(15)11-8-9-4-2-3-5-10(9)14(11)13/h2-7H,8H2,1H3. The van der Waals surface area contributed by atoms with Crippen LogP contribution in [0.5, 0.6) is 5.75 Å². The van der Waals surface area contributed by atoms with Crippen molar-refractivity contribution in [1.29, 1.82) is 0 Å². The third-order valence-electron chi connectivity index (χ3n) is 3.09. The predicted molar refractivity (Wildman–Crippen MR) is 66.2 cm³/mol. The first-order valence-electron chi connectivity index (χ1n) is 5.25. The number of hydrogen-bond donors (Lipinski definition) is 0. The average Bonchev–Trinajstić information content (AvgIpc) is 2.70. The average molecular weight is 231 g/mol. The van der Waals surface area contributed by atoms with E-state index in [0.29, 0.717) is 0 Å². The largest absolute Gasteiger partial charge is 0.496 e. The lowest BCUT2D eigenvalue weighted by Gasteiger charge is -2.09.